The fourth-order valence-electron chi connectivity index (χ4n) is 4.87. The highest BCUT2D eigenvalue weighted by Gasteiger charge is 2.44. The van der Waals surface area contributed by atoms with Crippen molar-refractivity contribution < 1.29 is 22.1 Å². The van der Waals surface area contributed by atoms with Crippen LogP contribution in [0, 0.1) is 0 Å². The molecule has 0 saturated carbocycles. The monoisotopic (exact) mass is 468 g/mol. The Kier molecular flexibility index (Phi) is 5.80. The van der Waals surface area contributed by atoms with Gasteiger partial charge in [0.1, 0.15) is 20.4 Å². The largest absolute Gasteiger partial charge is 0.366 e. The maximum absolute atomic E-state index is 13.5. The number of fused-ring (bicyclic) bond motifs is 2. The molecule has 3 aromatic carbocycles. The molecule has 4 aromatic rings. The SMILES string of the molecule is C[n+]1c2cc(N(CCF)CCF)ccc2c(-c2ccccc2)c2ccc(N3CC(F)(F)C3)cc21. The Balaban J connectivity index is 1.74. The number of rotatable bonds is 7. The highest BCUT2D eigenvalue weighted by molar-refractivity contribution is 6.08. The lowest BCUT2D eigenvalue weighted by Crippen LogP contribution is -2.56. The van der Waals surface area contributed by atoms with Gasteiger partial charge in [0.05, 0.1) is 23.9 Å². The Morgan fingerprint density at radius 2 is 1.47 bits per heavy atom. The molecular weight excluding hydrogens is 442 g/mol. The molecule has 1 aliphatic rings. The summed E-state index contributed by atoms with van der Waals surface area (Å²) in [6.45, 7) is -1.47. The number of benzene rings is 3. The number of nitrogens with zero attached hydrogens (tertiary/aromatic N) is 3. The van der Waals surface area contributed by atoms with Gasteiger partial charge in [-0.3, -0.25) is 0 Å². The van der Waals surface area contributed by atoms with E-state index in [-0.39, 0.29) is 26.2 Å². The molecule has 0 atom stereocenters. The molecule has 0 bridgehead atoms. The second-order valence-corrected chi connectivity index (χ2v) is 8.78. The Morgan fingerprint density at radius 1 is 0.853 bits per heavy atom. The molecule has 0 radical (unpaired) electrons. The van der Waals surface area contributed by atoms with Gasteiger partial charge in [-0.2, -0.15) is 4.57 Å². The zero-order valence-electron chi connectivity index (χ0n) is 18.9. The van der Waals surface area contributed by atoms with Crippen LogP contribution in [0.4, 0.5) is 28.9 Å². The van der Waals surface area contributed by atoms with Crippen LogP contribution < -0.4 is 14.4 Å². The van der Waals surface area contributed by atoms with Crippen LogP contribution in [0.25, 0.3) is 32.9 Å². The molecule has 1 aromatic heterocycles. The van der Waals surface area contributed by atoms with Gasteiger partial charge in [-0.1, -0.05) is 30.3 Å². The number of aromatic nitrogens is 1. The summed E-state index contributed by atoms with van der Waals surface area (Å²) in [5, 5.41) is 2.02. The van der Waals surface area contributed by atoms with E-state index in [0.717, 1.165) is 44.3 Å². The Hall–Kier alpha value is -3.35. The van der Waals surface area contributed by atoms with Gasteiger partial charge < -0.3 is 9.80 Å². The normalized spacial score (nSPS) is 15.0. The lowest BCUT2D eigenvalue weighted by molar-refractivity contribution is -0.617. The molecule has 1 fully saturated rings. The van der Waals surface area contributed by atoms with Gasteiger partial charge >= 0.3 is 0 Å². The van der Waals surface area contributed by atoms with Crippen molar-refractivity contribution in [2.45, 2.75) is 5.92 Å². The van der Waals surface area contributed by atoms with Crippen molar-refractivity contribution in [3.63, 3.8) is 0 Å². The van der Waals surface area contributed by atoms with Gasteiger partial charge in [0.15, 0.2) is 0 Å². The van der Waals surface area contributed by atoms with Crippen molar-refractivity contribution in [1.82, 2.24) is 0 Å². The van der Waals surface area contributed by atoms with Crippen molar-refractivity contribution in [3.05, 3.63) is 66.7 Å². The van der Waals surface area contributed by atoms with Crippen LogP contribution in [0.2, 0.25) is 0 Å². The lowest BCUT2D eigenvalue weighted by Gasteiger charge is -2.40. The zero-order valence-corrected chi connectivity index (χ0v) is 18.9. The van der Waals surface area contributed by atoms with E-state index in [9.17, 15) is 17.6 Å². The number of pyridine rings is 1. The van der Waals surface area contributed by atoms with Crippen LogP contribution in [-0.4, -0.2) is 45.5 Å². The van der Waals surface area contributed by atoms with Crippen molar-refractivity contribution in [1.29, 1.82) is 0 Å². The molecule has 1 saturated heterocycles. The van der Waals surface area contributed by atoms with E-state index in [1.165, 1.54) is 0 Å². The summed E-state index contributed by atoms with van der Waals surface area (Å²) in [6.07, 6.45) is 0. The predicted octanol–water partition coefficient (Wildman–Crippen LogP) is 5.69. The molecular formula is C27H26F4N3+. The van der Waals surface area contributed by atoms with Crippen LogP contribution in [-0.2, 0) is 7.05 Å². The minimum absolute atomic E-state index is 0.117. The van der Waals surface area contributed by atoms with Crippen LogP contribution in [0.15, 0.2) is 66.7 Å². The van der Waals surface area contributed by atoms with E-state index in [2.05, 4.69) is 0 Å². The fraction of sp³-hybridized carbons (Fsp3) is 0.296. The molecule has 0 unspecified atom stereocenters. The van der Waals surface area contributed by atoms with E-state index < -0.39 is 19.3 Å². The van der Waals surface area contributed by atoms with Gasteiger partial charge in [0.25, 0.3) is 5.92 Å². The molecule has 3 nitrogen and oxygen atoms in total. The van der Waals surface area contributed by atoms with Gasteiger partial charge in [-0.05, 0) is 29.8 Å². The highest BCUT2D eigenvalue weighted by atomic mass is 19.3. The van der Waals surface area contributed by atoms with Crippen LogP contribution in [0.3, 0.4) is 0 Å². The van der Waals surface area contributed by atoms with Gasteiger partial charge in [0.2, 0.25) is 11.0 Å². The summed E-state index contributed by atoms with van der Waals surface area (Å²) < 4.78 is 55.3. The summed E-state index contributed by atoms with van der Waals surface area (Å²) in [7, 11) is 1.94. The number of alkyl halides is 4. The molecule has 7 heteroatoms. The smallest absolute Gasteiger partial charge is 0.282 e. The van der Waals surface area contributed by atoms with E-state index in [0.29, 0.717) is 0 Å². The van der Waals surface area contributed by atoms with Gasteiger partial charge in [-0.15, -0.1) is 0 Å². The van der Waals surface area contributed by atoms with E-state index in [4.69, 9.17) is 0 Å². The molecule has 2 heterocycles. The first-order valence-electron chi connectivity index (χ1n) is 11.4. The van der Waals surface area contributed by atoms with Crippen molar-refractivity contribution in [2.75, 3.05) is 49.3 Å². The van der Waals surface area contributed by atoms with Crippen molar-refractivity contribution in [2.24, 2.45) is 7.05 Å². The first kappa shape index (κ1) is 22.4. The summed E-state index contributed by atoms with van der Waals surface area (Å²) in [4.78, 5) is 3.37. The lowest BCUT2D eigenvalue weighted by atomic mass is 9.95. The molecule has 34 heavy (non-hydrogen) atoms. The Morgan fingerprint density at radius 3 is 2.09 bits per heavy atom. The number of aryl methyl sites for hydroxylation is 1. The summed E-state index contributed by atoms with van der Waals surface area (Å²) >= 11 is 0. The molecule has 1 aliphatic heterocycles. The average molecular weight is 469 g/mol. The van der Waals surface area contributed by atoms with Gasteiger partial charge in [0, 0.05) is 42.2 Å². The Bertz CT molecular complexity index is 1330. The topological polar surface area (TPSA) is 10.4 Å². The third kappa shape index (κ3) is 3.93. The molecule has 5 rings (SSSR count). The zero-order chi connectivity index (χ0) is 23.9. The molecule has 176 valence electrons. The summed E-state index contributed by atoms with van der Waals surface area (Å²) in [5.41, 5.74) is 5.38. The van der Waals surface area contributed by atoms with Crippen LogP contribution in [0.1, 0.15) is 0 Å². The molecule has 0 amide bonds. The second-order valence-electron chi connectivity index (χ2n) is 8.78. The summed E-state index contributed by atoms with van der Waals surface area (Å²) in [6, 6.07) is 21.7. The van der Waals surface area contributed by atoms with E-state index in [1.54, 1.807) is 9.80 Å². The second kappa shape index (κ2) is 8.78. The first-order valence-corrected chi connectivity index (χ1v) is 11.4. The highest BCUT2D eigenvalue weighted by Crippen LogP contribution is 2.38. The minimum Gasteiger partial charge on any atom is -0.366 e. The molecule has 0 N–H and O–H groups in total. The minimum atomic E-state index is -2.65. The third-order valence-electron chi connectivity index (χ3n) is 6.57. The summed E-state index contributed by atoms with van der Waals surface area (Å²) in [5.74, 6) is -2.65. The average Bonchev–Trinajstić information content (AvgIpc) is 2.83. The first-order chi connectivity index (χ1) is 16.4. The molecule has 0 aliphatic carbocycles. The quantitative estimate of drug-likeness (QED) is 0.196. The third-order valence-corrected chi connectivity index (χ3v) is 6.57. The molecule has 0 spiro atoms. The van der Waals surface area contributed by atoms with Crippen molar-refractivity contribution in [3.8, 4) is 11.1 Å². The number of hydrogen-bond donors (Lipinski definition) is 0. The van der Waals surface area contributed by atoms with Gasteiger partial charge in [-0.25, -0.2) is 17.6 Å². The maximum Gasteiger partial charge on any atom is 0.282 e. The number of anilines is 2. The fourth-order valence-corrected chi connectivity index (χ4v) is 4.87. The van der Waals surface area contributed by atoms with Crippen LogP contribution in [0.5, 0.6) is 0 Å². The number of hydrogen-bond acceptors (Lipinski definition) is 2. The Labute approximate surface area is 195 Å². The number of halogens is 4. The van der Waals surface area contributed by atoms with Crippen molar-refractivity contribution >= 4 is 33.2 Å². The van der Waals surface area contributed by atoms with E-state index in [1.807, 2.05) is 78.3 Å². The predicted molar refractivity (Wildman–Crippen MR) is 129 cm³/mol. The standard InChI is InChI=1S/C27H26F4N3/c1-32-24-15-20(33(13-11-28)14-12-29)7-9-22(24)26(19-5-3-2-4-6-19)23-10-8-21(16-25(23)32)34-17-27(30,31)18-34/h2-10,15-16H,11-14,17-18H2,1H3/q+1. The van der Waals surface area contributed by atoms with Crippen LogP contribution >= 0.6 is 0 Å². The maximum atomic E-state index is 13.5. The van der Waals surface area contributed by atoms with E-state index >= 15 is 0 Å².